The van der Waals surface area contributed by atoms with E-state index in [0.29, 0.717) is 0 Å². The van der Waals surface area contributed by atoms with Crippen LogP contribution in [-0.4, -0.2) is 54.2 Å². The predicted molar refractivity (Wildman–Crippen MR) is 67.5 cm³/mol. The van der Waals surface area contributed by atoms with Gasteiger partial charge in [-0.05, 0) is 0 Å². The molecule has 0 atom stereocenters. The van der Waals surface area contributed by atoms with Gasteiger partial charge in [0.15, 0.2) is 6.61 Å². The molecule has 14 heteroatoms. The zero-order valence-electron chi connectivity index (χ0n) is 11.9. The van der Waals surface area contributed by atoms with Crippen LogP contribution in [0.5, 0.6) is 0 Å². The van der Waals surface area contributed by atoms with Crippen molar-refractivity contribution in [2.45, 2.75) is 41.9 Å². The number of halogens is 10. The Morgan fingerprint density at radius 2 is 1.32 bits per heavy atom. The first-order valence-corrected chi connectivity index (χ1v) is 7.03. The second-order valence-corrected chi connectivity index (χ2v) is 5.71. The van der Waals surface area contributed by atoms with E-state index in [1.54, 1.807) is 0 Å². The van der Waals surface area contributed by atoms with Crippen LogP contribution >= 0.6 is 23.2 Å². The molecule has 0 aromatic carbocycles. The monoisotopic (exact) mass is 428 g/mol. The molecule has 25 heavy (non-hydrogen) atoms. The van der Waals surface area contributed by atoms with Crippen molar-refractivity contribution in [1.82, 2.24) is 0 Å². The lowest BCUT2D eigenvalue weighted by Gasteiger charge is -2.31. The lowest BCUT2D eigenvalue weighted by molar-refractivity contribution is -0.344. The Bertz CT molecular complexity index is 473. The quantitative estimate of drug-likeness (QED) is 0.301. The third-order valence-electron chi connectivity index (χ3n) is 2.47. The second kappa shape index (κ2) is 9.06. The molecule has 0 bridgehead atoms. The summed E-state index contributed by atoms with van der Waals surface area (Å²) >= 11 is 10.4. The molecule has 4 nitrogen and oxygen atoms in total. The van der Waals surface area contributed by atoms with E-state index in [4.69, 9.17) is 23.2 Å². The van der Waals surface area contributed by atoms with E-state index in [1.165, 1.54) is 0 Å². The number of hydrogen-bond acceptors (Lipinski definition) is 4. The molecule has 0 unspecified atom stereocenters. The molecule has 0 aromatic rings. The number of rotatable bonds is 10. The zero-order valence-corrected chi connectivity index (χ0v) is 13.4. The Kier molecular flexibility index (Phi) is 8.68. The SMILES string of the molecule is O=C(CCC(=O)OCC(F)(F)C(F)(F)C(F)(F)C(F)F)OCC(Cl)Cl. The number of carbonyl (C=O) groups excluding carboxylic acids is 2. The van der Waals surface area contributed by atoms with Gasteiger partial charge in [0, 0.05) is 0 Å². The summed E-state index contributed by atoms with van der Waals surface area (Å²) in [5.41, 5.74) is 0. The topological polar surface area (TPSA) is 52.6 Å². The van der Waals surface area contributed by atoms with Gasteiger partial charge >= 0.3 is 36.1 Å². The van der Waals surface area contributed by atoms with Crippen molar-refractivity contribution < 1.29 is 54.2 Å². The molecule has 0 radical (unpaired) electrons. The van der Waals surface area contributed by atoms with Gasteiger partial charge in [-0.3, -0.25) is 9.59 Å². The van der Waals surface area contributed by atoms with E-state index in [0.717, 1.165) is 0 Å². The Hall–Kier alpha value is -1.04. The summed E-state index contributed by atoms with van der Waals surface area (Å²) in [6, 6.07) is 0. The number of hydrogen-bond donors (Lipinski definition) is 0. The molecular formula is C11H10Cl2F8O4. The fourth-order valence-electron chi connectivity index (χ4n) is 1.15. The number of alkyl halides is 10. The molecule has 0 aromatic heterocycles. The summed E-state index contributed by atoms with van der Waals surface area (Å²) in [5, 5.41) is 0. The maximum atomic E-state index is 13.1. The number of ether oxygens (including phenoxy) is 2. The smallest absolute Gasteiger partial charge is 0.381 e. The second-order valence-electron chi connectivity index (χ2n) is 4.44. The molecular weight excluding hydrogens is 419 g/mol. The average Bonchev–Trinajstić information content (AvgIpc) is 2.48. The fourth-order valence-corrected chi connectivity index (χ4v) is 1.27. The van der Waals surface area contributed by atoms with Crippen molar-refractivity contribution in [1.29, 1.82) is 0 Å². The highest BCUT2D eigenvalue weighted by molar-refractivity contribution is 6.44. The van der Waals surface area contributed by atoms with Crippen LogP contribution in [0.25, 0.3) is 0 Å². The van der Waals surface area contributed by atoms with E-state index in [2.05, 4.69) is 9.47 Å². The van der Waals surface area contributed by atoms with Crippen LogP contribution in [0, 0.1) is 0 Å². The minimum atomic E-state index is -6.48. The summed E-state index contributed by atoms with van der Waals surface area (Å²) in [6.07, 6.45) is -6.75. The van der Waals surface area contributed by atoms with Crippen LogP contribution < -0.4 is 0 Å². The van der Waals surface area contributed by atoms with Crippen molar-refractivity contribution >= 4 is 35.1 Å². The molecule has 0 N–H and O–H groups in total. The van der Waals surface area contributed by atoms with Gasteiger partial charge in [-0.25, -0.2) is 8.78 Å². The maximum absolute atomic E-state index is 13.1. The highest BCUT2D eigenvalue weighted by atomic mass is 35.5. The molecule has 0 aliphatic heterocycles. The van der Waals surface area contributed by atoms with Gasteiger partial charge in [0.05, 0.1) is 12.8 Å². The summed E-state index contributed by atoms with van der Waals surface area (Å²) in [6.45, 7) is -3.05. The first-order valence-electron chi connectivity index (χ1n) is 6.16. The van der Waals surface area contributed by atoms with E-state index >= 15 is 0 Å². The van der Waals surface area contributed by atoms with Gasteiger partial charge in [0.1, 0.15) is 11.4 Å². The number of carbonyl (C=O) groups is 2. The van der Waals surface area contributed by atoms with Crippen molar-refractivity contribution in [3.63, 3.8) is 0 Å². The lowest BCUT2D eigenvalue weighted by atomic mass is 10.1. The molecule has 0 amide bonds. The van der Waals surface area contributed by atoms with Crippen molar-refractivity contribution in [3.8, 4) is 0 Å². The van der Waals surface area contributed by atoms with E-state index < -0.39 is 67.0 Å². The molecule has 0 aliphatic carbocycles. The van der Waals surface area contributed by atoms with Crippen LogP contribution in [0.15, 0.2) is 0 Å². The first kappa shape index (κ1) is 24.0. The summed E-state index contributed by atoms with van der Waals surface area (Å²) in [7, 11) is 0. The van der Waals surface area contributed by atoms with E-state index in [-0.39, 0.29) is 0 Å². The largest absolute Gasteiger partial charge is 0.463 e. The van der Waals surface area contributed by atoms with Gasteiger partial charge in [-0.1, -0.05) is 0 Å². The number of esters is 2. The van der Waals surface area contributed by atoms with Crippen LogP contribution in [0.2, 0.25) is 0 Å². The normalized spacial score (nSPS) is 13.3. The predicted octanol–water partition coefficient (Wildman–Crippen LogP) is 3.83. The highest BCUT2D eigenvalue weighted by Crippen LogP contribution is 2.48. The van der Waals surface area contributed by atoms with Gasteiger partial charge in [-0.2, -0.15) is 26.3 Å². The van der Waals surface area contributed by atoms with Crippen molar-refractivity contribution in [2.24, 2.45) is 0 Å². The standard InChI is InChI=1S/C11H10Cl2F8O4/c12-5(13)3-24-6(22)1-2-7(23)25-4-9(16,17)11(20,21)10(18,19)8(14)15/h5,8H,1-4H2. The van der Waals surface area contributed by atoms with Crippen molar-refractivity contribution in [3.05, 3.63) is 0 Å². The molecule has 0 aliphatic rings. The summed E-state index contributed by atoms with van der Waals surface area (Å²) < 4.78 is 109. The Morgan fingerprint density at radius 1 is 0.880 bits per heavy atom. The third kappa shape index (κ3) is 6.65. The van der Waals surface area contributed by atoms with E-state index in [1.807, 2.05) is 0 Å². The first-order chi connectivity index (χ1) is 11.1. The lowest BCUT2D eigenvalue weighted by Crippen LogP contribution is -2.59. The molecule has 0 saturated carbocycles. The maximum Gasteiger partial charge on any atom is 0.381 e. The summed E-state index contributed by atoms with van der Waals surface area (Å²) in [5.74, 6) is -21.3. The van der Waals surface area contributed by atoms with Gasteiger partial charge in [0.25, 0.3) is 0 Å². The van der Waals surface area contributed by atoms with Crippen LogP contribution in [0.3, 0.4) is 0 Å². The zero-order chi connectivity index (χ0) is 20.1. The van der Waals surface area contributed by atoms with Crippen LogP contribution in [0.4, 0.5) is 35.1 Å². The Morgan fingerprint density at radius 3 is 1.72 bits per heavy atom. The van der Waals surface area contributed by atoms with Gasteiger partial charge < -0.3 is 9.47 Å². The van der Waals surface area contributed by atoms with Gasteiger partial charge in [-0.15, -0.1) is 23.2 Å². The highest BCUT2D eigenvalue weighted by Gasteiger charge is 2.75. The van der Waals surface area contributed by atoms with E-state index in [9.17, 15) is 44.7 Å². The molecule has 148 valence electrons. The minimum absolute atomic E-state index is 0.454. The van der Waals surface area contributed by atoms with Crippen LogP contribution in [-0.2, 0) is 19.1 Å². The molecule has 0 fully saturated rings. The Balaban J connectivity index is 4.58. The fraction of sp³-hybridized carbons (Fsp3) is 0.818. The molecule has 0 saturated heterocycles. The third-order valence-corrected chi connectivity index (χ3v) is 2.72. The van der Waals surface area contributed by atoms with Crippen molar-refractivity contribution in [2.75, 3.05) is 13.2 Å². The average molecular weight is 429 g/mol. The van der Waals surface area contributed by atoms with Gasteiger partial charge in [0.2, 0.25) is 0 Å². The molecule has 0 spiro atoms. The minimum Gasteiger partial charge on any atom is -0.463 e. The molecule has 0 heterocycles. The molecule has 0 rings (SSSR count). The van der Waals surface area contributed by atoms with Crippen LogP contribution in [0.1, 0.15) is 12.8 Å². The Labute approximate surface area is 145 Å². The summed E-state index contributed by atoms with van der Waals surface area (Å²) in [4.78, 5) is 21.0.